The van der Waals surface area contributed by atoms with Crippen LogP contribution in [0, 0.1) is 25.2 Å². The standard InChI is InChI=1S/C11H12BrN/c1-7-4-8(2)11(9(3)6-13)10(12)5-7/h4-5,9H,1-3H3. The highest BCUT2D eigenvalue weighted by atomic mass is 79.9. The van der Waals surface area contributed by atoms with Crippen molar-refractivity contribution in [3.63, 3.8) is 0 Å². The van der Waals surface area contributed by atoms with E-state index in [0.29, 0.717) is 0 Å². The molecule has 0 amide bonds. The van der Waals surface area contributed by atoms with Crippen LogP contribution in [0.4, 0.5) is 0 Å². The third kappa shape index (κ3) is 2.10. The van der Waals surface area contributed by atoms with Crippen LogP contribution in [0.5, 0.6) is 0 Å². The number of halogens is 1. The summed E-state index contributed by atoms with van der Waals surface area (Å²) in [6.45, 7) is 6.02. The molecule has 1 atom stereocenters. The molecule has 0 aliphatic heterocycles. The van der Waals surface area contributed by atoms with Gasteiger partial charge in [0.2, 0.25) is 0 Å². The normalized spacial score (nSPS) is 12.2. The highest BCUT2D eigenvalue weighted by Crippen LogP contribution is 2.28. The summed E-state index contributed by atoms with van der Waals surface area (Å²) in [6.07, 6.45) is 0. The molecule has 1 aromatic rings. The van der Waals surface area contributed by atoms with Crippen molar-refractivity contribution in [2.75, 3.05) is 0 Å². The second-order valence-electron chi connectivity index (χ2n) is 3.33. The van der Waals surface area contributed by atoms with E-state index in [1.807, 2.05) is 13.8 Å². The minimum Gasteiger partial charge on any atom is -0.198 e. The molecule has 0 aromatic heterocycles. The summed E-state index contributed by atoms with van der Waals surface area (Å²) in [4.78, 5) is 0. The van der Waals surface area contributed by atoms with Gasteiger partial charge < -0.3 is 0 Å². The summed E-state index contributed by atoms with van der Waals surface area (Å²) >= 11 is 3.49. The third-order valence-corrected chi connectivity index (χ3v) is 2.76. The van der Waals surface area contributed by atoms with Crippen LogP contribution < -0.4 is 0 Å². The molecule has 1 unspecified atom stereocenters. The lowest BCUT2D eigenvalue weighted by atomic mass is 9.96. The van der Waals surface area contributed by atoms with Crippen molar-refractivity contribution in [1.82, 2.24) is 0 Å². The summed E-state index contributed by atoms with van der Waals surface area (Å²) in [5, 5.41) is 8.84. The maximum atomic E-state index is 8.84. The van der Waals surface area contributed by atoms with Gasteiger partial charge in [0, 0.05) is 4.47 Å². The molecule has 0 aliphatic rings. The summed E-state index contributed by atoms with van der Waals surface area (Å²) in [6, 6.07) is 6.41. The monoisotopic (exact) mass is 237 g/mol. The van der Waals surface area contributed by atoms with E-state index in [-0.39, 0.29) is 5.92 Å². The van der Waals surface area contributed by atoms with Crippen LogP contribution >= 0.6 is 15.9 Å². The van der Waals surface area contributed by atoms with Gasteiger partial charge in [-0.05, 0) is 43.5 Å². The van der Waals surface area contributed by atoms with Gasteiger partial charge in [0.1, 0.15) is 0 Å². The summed E-state index contributed by atoms with van der Waals surface area (Å²) < 4.78 is 1.04. The van der Waals surface area contributed by atoms with Crippen molar-refractivity contribution in [1.29, 1.82) is 5.26 Å². The number of aryl methyl sites for hydroxylation is 2. The molecule has 1 nitrogen and oxygen atoms in total. The largest absolute Gasteiger partial charge is 0.198 e. The highest BCUT2D eigenvalue weighted by Gasteiger charge is 2.11. The predicted molar refractivity (Wildman–Crippen MR) is 57.6 cm³/mol. The number of benzene rings is 1. The van der Waals surface area contributed by atoms with E-state index in [9.17, 15) is 0 Å². The highest BCUT2D eigenvalue weighted by molar-refractivity contribution is 9.10. The topological polar surface area (TPSA) is 23.8 Å². The van der Waals surface area contributed by atoms with E-state index in [4.69, 9.17) is 5.26 Å². The Balaban J connectivity index is 3.30. The molecule has 13 heavy (non-hydrogen) atoms. The van der Waals surface area contributed by atoms with Gasteiger partial charge >= 0.3 is 0 Å². The smallest absolute Gasteiger partial charge is 0.0701 e. The molecule has 0 saturated carbocycles. The Hall–Kier alpha value is -0.810. The van der Waals surface area contributed by atoms with Crippen LogP contribution in [-0.4, -0.2) is 0 Å². The zero-order chi connectivity index (χ0) is 10.0. The van der Waals surface area contributed by atoms with E-state index in [1.54, 1.807) is 0 Å². The summed E-state index contributed by atoms with van der Waals surface area (Å²) in [7, 11) is 0. The molecule has 0 radical (unpaired) electrons. The molecule has 1 rings (SSSR count). The zero-order valence-electron chi connectivity index (χ0n) is 8.06. The second-order valence-corrected chi connectivity index (χ2v) is 4.18. The van der Waals surface area contributed by atoms with Crippen molar-refractivity contribution in [3.8, 4) is 6.07 Å². The van der Waals surface area contributed by atoms with Crippen LogP contribution in [-0.2, 0) is 0 Å². The molecule has 0 N–H and O–H groups in total. The van der Waals surface area contributed by atoms with Crippen molar-refractivity contribution in [2.45, 2.75) is 26.7 Å². The number of rotatable bonds is 1. The predicted octanol–water partition coefficient (Wildman–Crippen LogP) is 3.69. The Morgan fingerprint density at radius 3 is 2.46 bits per heavy atom. The van der Waals surface area contributed by atoms with Crippen LogP contribution in [0.2, 0.25) is 0 Å². The van der Waals surface area contributed by atoms with E-state index in [1.165, 1.54) is 11.1 Å². The van der Waals surface area contributed by atoms with Gasteiger partial charge in [-0.1, -0.05) is 22.0 Å². The fourth-order valence-corrected chi connectivity index (χ4v) is 2.56. The first kappa shape index (κ1) is 10.3. The lowest BCUT2D eigenvalue weighted by Gasteiger charge is -2.11. The number of nitriles is 1. The Morgan fingerprint density at radius 2 is 2.00 bits per heavy atom. The molecule has 0 aliphatic carbocycles. The Kier molecular flexibility index (Phi) is 3.11. The zero-order valence-corrected chi connectivity index (χ0v) is 9.64. The second kappa shape index (κ2) is 3.93. The van der Waals surface area contributed by atoms with Crippen LogP contribution in [0.3, 0.4) is 0 Å². The van der Waals surface area contributed by atoms with Crippen molar-refractivity contribution in [3.05, 3.63) is 33.3 Å². The van der Waals surface area contributed by atoms with Gasteiger partial charge in [-0.2, -0.15) is 5.26 Å². The van der Waals surface area contributed by atoms with Crippen LogP contribution in [0.25, 0.3) is 0 Å². The lowest BCUT2D eigenvalue weighted by molar-refractivity contribution is 0.956. The molecular formula is C11H12BrN. The molecule has 0 saturated heterocycles. The Bertz CT molecular complexity index is 340. The quantitative estimate of drug-likeness (QED) is 0.731. The Morgan fingerprint density at radius 1 is 1.38 bits per heavy atom. The number of hydrogen-bond acceptors (Lipinski definition) is 1. The molecule has 68 valence electrons. The lowest BCUT2D eigenvalue weighted by Crippen LogP contribution is -1.96. The summed E-state index contributed by atoms with van der Waals surface area (Å²) in [5.41, 5.74) is 3.51. The van der Waals surface area contributed by atoms with Gasteiger partial charge in [0.15, 0.2) is 0 Å². The first-order valence-corrected chi connectivity index (χ1v) is 5.01. The Labute approximate surface area is 87.5 Å². The average molecular weight is 238 g/mol. The molecule has 0 heterocycles. The van der Waals surface area contributed by atoms with Crippen molar-refractivity contribution < 1.29 is 0 Å². The maximum absolute atomic E-state index is 8.84. The van der Waals surface area contributed by atoms with E-state index in [0.717, 1.165) is 10.0 Å². The van der Waals surface area contributed by atoms with Crippen molar-refractivity contribution >= 4 is 15.9 Å². The average Bonchev–Trinajstić information content (AvgIpc) is 2.02. The van der Waals surface area contributed by atoms with Crippen molar-refractivity contribution in [2.24, 2.45) is 0 Å². The number of nitrogens with zero attached hydrogens (tertiary/aromatic N) is 1. The third-order valence-electron chi connectivity index (χ3n) is 2.11. The molecule has 1 aromatic carbocycles. The first-order valence-electron chi connectivity index (χ1n) is 4.22. The van der Waals surface area contributed by atoms with E-state index < -0.39 is 0 Å². The molecule has 0 bridgehead atoms. The molecule has 0 spiro atoms. The maximum Gasteiger partial charge on any atom is 0.0701 e. The van der Waals surface area contributed by atoms with Gasteiger partial charge in [0.05, 0.1) is 12.0 Å². The SMILES string of the molecule is Cc1cc(C)c(C(C)C#N)c(Br)c1. The van der Waals surface area contributed by atoms with Crippen LogP contribution in [0.1, 0.15) is 29.5 Å². The molecule has 0 fully saturated rings. The fraction of sp³-hybridized carbons (Fsp3) is 0.364. The molecular weight excluding hydrogens is 226 g/mol. The van der Waals surface area contributed by atoms with Crippen LogP contribution in [0.15, 0.2) is 16.6 Å². The minimum absolute atomic E-state index is 0.0463. The van der Waals surface area contributed by atoms with Gasteiger partial charge in [-0.15, -0.1) is 0 Å². The fourth-order valence-electron chi connectivity index (χ4n) is 1.54. The first-order chi connectivity index (χ1) is 6.06. The van der Waals surface area contributed by atoms with Gasteiger partial charge in [-0.25, -0.2) is 0 Å². The van der Waals surface area contributed by atoms with E-state index >= 15 is 0 Å². The van der Waals surface area contributed by atoms with E-state index in [2.05, 4.69) is 41.1 Å². The minimum atomic E-state index is -0.0463. The molecule has 2 heteroatoms. The number of hydrogen-bond donors (Lipinski definition) is 0. The van der Waals surface area contributed by atoms with Gasteiger partial charge in [0.25, 0.3) is 0 Å². The van der Waals surface area contributed by atoms with Gasteiger partial charge in [-0.3, -0.25) is 0 Å². The summed E-state index contributed by atoms with van der Waals surface area (Å²) in [5.74, 6) is -0.0463.